The average molecular weight is 384 g/mol. The fraction of sp³-hybridized carbons (Fsp3) is 0.667. The largest absolute Gasteiger partial charge is 0.495 e. The molecule has 4 rings (SSSR count). The highest BCUT2D eigenvalue weighted by Crippen LogP contribution is 2.38. The number of pyridine rings is 1. The highest BCUT2D eigenvalue weighted by molar-refractivity contribution is 5.75. The molecule has 28 heavy (non-hydrogen) atoms. The summed E-state index contributed by atoms with van der Waals surface area (Å²) in [5.74, 6) is 0.371. The molecule has 3 aliphatic rings. The van der Waals surface area contributed by atoms with Crippen molar-refractivity contribution in [2.24, 2.45) is 11.3 Å². The van der Waals surface area contributed by atoms with Crippen LogP contribution in [-0.4, -0.2) is 55.7 Å². The fourth-order valence-electron chi connectivity index (χ4n) is 4.29. The zero-order valence-corrected chi connectivity index (χ0v) is 16.4. The molecule has 2 aliphatic heterocycles. The van der Waals surface area contributed by atoms with E-state index in [2.05, 4.69) is 21.3 Å². The summed E-state index contributed by atoms with van der Waals surface area (Å²) in [5.41, 5.74) is 1.48. The minimum absolute atomic E-state index is 0.0389. The second-order valence-electron chi connectivity index (χ2n) is 8.35. The summed E-state index contributed by atoms with van der Waals surface area (Å²) in [6, 6.07) is 3.81. The number of nitrogens with zero attached hydrogens (tertiary/aromatic N) is 3. The van der Waals surface area contributed by atoms with Crippen molar-refractivity contribution in [1.82, 2.24) is 15.2 Å². The molecule has 1 N–H and O–H groups in total. The van der Waals surface area contributed by atoms with Crippen molar-refractivity contribution < 1.29 is 14.3 Å². The van der Waals surface area contributed by atoms with Gasteiger partial charge in [0.1, 0.15) is 17.4 Å². The summed E-state index contributed by atoms with van der Waals surface area (Å²) < 4.78 is 11.2. The lowest BCUT2D eigenvalue weighted by atomic mass is 9.78. The maximum atomic E-state index is 12.4. The molecule has 7 heteroatoms. The first-order valence-electron chi connectivity index (χ1n) is 10.2. The van der Waals surface area contributed by atoms with Gasteiger partial charge >= 0.3 is 5.97 Å². The van der Waals surface area contributed by atoms with Crippen LogP contribution in [0.1, 0.15) is 49.5 Å². The van der Waals surface area contributed by atoms with Crippen LogP contribution in [-0.2, 0) is 9.53 Å². The van der Waals surface area contributed by atoms with E-state index in [0.29, 0.717) is 29.0 Å². The molecular formula is C21H28N4O3. The van der Waals surface area contributed by atoms with Gasteiger partial charge in [-0.2, -0.15) is 5.26 Å². The van der Waals surface area contributed by atoms with Crippen LogP contribution in [0.2, 0.25) is 0 Å². The van der Waals surface area contributed by atoms with Gasteiger partial charge in [-0.15, -0.1) is 0 Å². The summed E-state index contributed by atoms with van der Waals surface area (Å²) in [6.07, 6.45) is 6.49. The molecule has 1 aliphatic carbocycles. The molecule has 3 fully saturated rings. The molecule has 150 valence electrons. The van der Waals surface area contributed by atoms with Gasteiger partial charge < -0.3 is 14.8 Å². The summed E-state index contributed by atoms with van der Waals surface area (Å²) in [4.78, 5) is 19.1. The Balaban J connectivity index is 1.47. The Bertz CT molecular complexity index is 755. The quantitative estimate of drug-likeness (QED) is 0.751. The van der Waals surface area contributed by atoms with Crippen LogP contribution in [0.3, 0.4) is 0 Å². The first-order chi connectivity index (χ1) is 13.6. The smallest absolute Gasteiger partial charge is 0.309 e. The number of methoxy groups -OCH3 is 1. The van der Waals surface area contributed by atoms with Crippen LogP contribution < -0.4 is 10.1 Å². The van der Waals surface area contributed by atoms with Crippen LogP contribution in [0.5, 0.6) is 5.75 Å². The van der Waals surface area contributed by atoms with Gasteiger partial charge in [0.05, 0.1) is 18.7 Å². The van der Waals surface area contributed by atoms with Crippen molar-refractivity contribution in [3.63, 3.8) is 0 Å². The number of ether oxygens (including phenoxy) is 2. The van der Waals surface area contributed by atoms with E-state index in [4.69, 9.17) is 9.47 Å². The number of piperidine rings is 1. The number of hydrogen-bond acceptors (Lipinski definition) is 7. The van der Waals surface area contributed by atoms with E-state index in [1.807, 2.05) is 0 Å². The molecule has 1 aromatic rings. The second-order valence-corrected chi connectivity index (χ2v) is 8.35. The minimum Gasteiger partial charge on any atom is -0.495 e. The average Bonchev–Trinajstić information content (AvgIpc) is 3.49. The Morgan fingerprint density at radius 2 is 2.21 bits per heavy atom. The van der Waals surface area contributed by atoms with Crippen molar-refractivity contribution in [3.8, 4) is 11.8 Å². The van der Waals surface area contributed by atoms with E-state index in [-0.39, 0.29) is 11.9 Å². The number of rotatable bonds is 6. The van der Waals surface area contributed by atoms with Gasteiger partial charge in [-0.05, 0) is 57.2 Å². The molecule has 1 atom stereocenters. The third-order valence-electron chi connectivity index (χ3n) is 6.40. The van der Waals surface area contributed by atoms with Gasteiger partial charge in [0.25, 0.3) is 0 Å². The topological polar surface area (TPSA) is 87.5 Å². The lowest BCUT2D eigenvalue weighted by Gasteiger charge is -2.39. The maximum Gasteiger partial charge on any atom is 0.309 e. The molecule has 1 spiro atoms. The second kappa shape index (κ2) is 8.06. The zero-order valence-electron chi connectivity index (χ0n) is 16.4. The van der Waals surface area contributed by atoms with Crippen LogP contribution >= 0.6 is 0 Å². The maximum absolute atomic E-state index is 12.4. The number of carbonyl (C=O) groups is 1. The Morgan fingerprint density at radius 1 is 1.43 bits per heavy atom. The Labute approximate surface area is 166 Å². The van der Waals surface area contributed by atoms with Gasteiger partial charge in [-0.25, -0.2) is 0 Å². The summed E-state index contributed by atoms with van der Waals surface area (Å²) in [6.45, 7) is 4.88. The van der Waals surface area contributed by atoms with E-state index < -0.39 is 6.10 Å². The lowest BCUT2D eigenvalue weighted by Crippen LogP contribution is -2.43. The number of hydrogen-bond donors (Lipinski definition) is 1. The highest BCUT2D eigenvalue weighted by atomic mass is 16.5. The third-order valence-corrected chi connectivity index (χ3v) is 6.40. The molecule has 2 saturated heterocycles. The fourth-order valence-corrected chi connectivity index (χ4v) is 4.29. The van der Waals surface area contributed by atoms with Crippen LogP contribution in [0, 0.1) is 22.7 Å². The number of nitriles is 1. The molecule has 0 amide bonds. The molecule has 7 nitrogen and oxygen atoms in total. The van der Waals surface area contributed by atoms with E-state index >= 15 is 0 Å². The molecular weight excluding hydrogens is 356 g/mol. The Kier molecular flexibility index (Phi) is 5.51. The standard InChI is InChI=1S/C21H28N4O3/c1-27-18-10-17(24-12-16(18)11-22)19(28-20(26)15-2-3-15)13-25-8-5-21(6-9-25)4-7-23-14-21/h10,12,15,19,23H,2-9,13-14H2,1H3. The van der Waals surface area contributed by atoms with Gasteiger partial charge in [-0.1, -0.05) is 0 Å². The van der Waals surface area contributed by atoms with Gasteiger partial charge in [0.15, 0.2) is 6.10 Å². The number of aromatic nitrogens is 1. The number of nitrogens with one attached hydrogen (secondary N) is 1. The van der Waals surface area contributed by atoms with Crippen molar-refractivity contribution in [2.75, 3.05) is 39.8 Å². The van der Waals surface area contributed by atoms with Crippen molar-refractivity contribution in [2.45, 2.75) is 38.2 Å². The first kappa shape index (κ1) is 19.2. The van der Waals surface area contributed by atoms with E-state index in [1.165, 1.54) is 32.6 Å². The molecule has 1 aromatic heterocycles. The Morgan fingerprint density at radius 3 is 2.82 bits per heavy atom. The van der Waals surface area contributed by atoms with Crippen molar-refractivity contribution in [3.05, 3.63) is 23.5 Å². The third kappa shape index (κ3) is 4.13. The predicted molar refractivity (Wildman–Crippen MR) is 103 cm³/mol. The highest BCUT2D eigenvalue weighted by Gasteiger charge is 2.38. The van der Waals surface area contributed by atoms with Gasteiger partial charge in [-0.3, -0.25) is 14.7 Å². The molecule has 1 saturated carbocycles. The van der Waals surface area contributed by atoms with Crippen LogP contribution in [0.4, 0.5) is 0 Å². The molecule has 3 heterocycles. The zero-order chi connectivity index (χ0) is 19.6. The number of esters is 1. The minimum atomic E-state index is -0.439. The first-order valence-corrected chi connectivity index (χ1v) is 10.2. The van der Waals surface area contributed by atoms with Crippen molar-refractivity contribution >= 4 is 5.97 Å². The number of likely N-dealkylation sites (tertiary alicyclic amines) is 1. The Hall–Kier alpha value is -2.17. The van der Waals surface area contributed by atoms with Crippen LogP contribution in [0.15, 0.2) is 12.3 Å². The predicted octanol–water partition coefficient (Wildman–Crippen LogP) is 2.03. The van der Waals surface area contributed by atoms with E-state index in [1.54, 1.807) is 6.07 Å². The number of carbonyl (C=O) groups excluding carboxylic acids is 1. The molecule has 0 aromatic carbocycles. The summed E-state index contributed by atoms with van der Waals surface area (Å²) >= 11 is 0. The SMILES string of the molecule is COc1cc(C(CN2CCC3(CCNC3)CC2)OC(=O)C2CC2)ncc1C#N. The van der Waals surface area contributed by atoms with E-state index in [9.17, 15) is 10.1 Å². The van der Waals surface area contributed by atoms with Crippen molar-refractivity contribution in [1.29, 1.82) is 5.26 Å². The van der Waals surface area contributed by atoms with Gasteiger partial charge in [0, 0.05) is 25.4 Å². The normalized spacial score (nSPS) is 22.6. The summed E-state index contributed by atoms with van der Waals surface area (Å²) in [7, 11) is 1.53. The molecule has 0 radical (unpaired) electrons. The lowest BCUT2D eigenvalue weighted by molar-refractivity contribution is -0.152. The van der Waals surface area contributed by atoms with Crippen LogP contribution in [0.25, 0.3) is 0 Å². The molecule has 1 unspecified atom stereocenters. The summed E-state index contributed by atoms with van der Waals surface area (Å²) in [5, 5.41) is 12.7. The monoisotopic (exact) mass is 384 g/mol. The molecule has 0 bridgehead atoms. The van der Waals surface area contributed by atoms with Gasteiger partial charge in [0.2, 0.25) is 0 Å². The van der Waals surface area contributed by atoms with E-state index in [0.717, 1.165) is 39.0 Å².